The lowest BCUT2D eigenvalue weighted by molar-refractivity contribution is 0.0526. The molecule has 1 unspecified atom stereocenters. The van der Waals surface area contributed by atoms with E-state index in [4.69, 9.17) is 4.74 Å². The van der Waals surface area contributed by atoms with Crippen LogP contribution in [-0.2, 0) is 4.74 Å². The van der Waals surface area contributed by atoms with Gasteiger partial charge in [-0.25, -0.2) is 9.97 Å². The maximum absolute atomic E-state index is 5.52. The molecule has 3 rings (SSSR count). The van der Waals surface area contributed by atoms with Gasteiger partial charge in [0.25, 0.3) is 0 Å². The fourth-order valence-electron chi connectivity index (χ4n) is 2.11. The van der Waals surface area contributed by atoms with Crippen LogP contribution in [0.25, 0.3) is 10.9 Å². The van der Waals surface area contributed by atoms with E-state index in [9.17, 15) is 0 Å². The topological polar surface area (TPSA) is 38.2 Å². The highest BCUT2D eigenvalue weighted by Gasteiger charge is 2.18. The van der Waals surface area contributed by atoms with Crippen molar-refractivity contribution >= 4 is 16.9 Å². The lowest BCUT2D eigenvalue weighted by Gasteiger charge is -2.31. The van der Waals surface area contributed by atoms with Crippen LogP contribution in [0.5, 0.6) is 0 Å². The van der Waals surface area contributed by atoms with Crippen molar-refractivity contribution < 1.29 is 4.74 Å². The maximum Gasteiger partial charge on any atom is 0.226 e. The maximum atomic E-state index is 5.52. The smallest absolute Gasteiger partial charge is 0.226 e. The van der Waals surface area contributed by atoms with E-state index < -0.39 is 0 Å². The fraction of sp³-hybridized carbons (Fsp3) is 0.385. The van der Waals surface area contributed by atoms with E-state index in [1.165, 1.54) is 0 Å². The normalized spacial score (nSPS) is 20.8. The fourth-order valence-corrected chi connectivity index (χ4v) is 2.11. The van der Waals surface area contributed by atoms with Crippen LogP contribution < -0.4 is 4.90 Å². The summed E-state index contributed by atoms with van der Waals surface area (Å²) in [5.74, 6) is 0.804. The molecule has 0 bridgehead atoms. The molecular weight excluding hydrogens is 214 g/mol. The van der Waals surface area contributed by atoms with Crippen LogP contribution in [0.1, 0.15) is 6.92 Å². The Balaban J connectivity index is 1.94. The van der Waals surface area contributed by atoms with Crippen molar-refractivity contribution in [2.75, 3.05) is 24.6 Å². The quantitative estimate of drug-likeness (QED) is 0.748. The van der Waals surface area contributed by atoms with E-state index in [2.05, 4.69) is 21.8 Å². The standard InChI is InChI=1S/C13H15N3O/c1-10-9-16(6-7-17-10)13-14-8-11-4-2-3-5-12(11)15-13/h2-5,8,10H,6-7,9H2,1H3. The van der Waals surface area contributed by atoms with E-state index in [0.29, 0.717) is 0 Å². The molecule has 0 spiro atoms. The number of para-hydroxylation sites is 1. The molecule has 88 valence electrons. The van der Waals surface area contributed by atoms with E-state index in [1.54, 1.807) is 0 Å². The molecule has 1 fully saturated rings. The van der Waals surface area contributed by atoms with Gasteiger partial charge in [-0.15, -0.1) is 0 Å². The molecular formula is C13H15N3O. The van der Waals surface area contributed by atoms with Crippen LogP contribution in [0, 0.1) is 0 Å². The summed E-state index contributed by atoms with van der Waals surface area (Å²) in [6, 6.07) is 8.05. The monoisotopic (exact) mass is 229 g/mol. The Morgan fingerprint density at radius 3 is 3.12 bits per heavy atom. The van der Waals surface area contributed by atoms with Gasteiger partial charge in [0.05, 0.1) is 18.2 Å². The molecule has 0 amide bonds. The second-order valence-corrected chi connectivity index (χ2v) is 4.36. The van der Waals surface area contributed by atoms with E-state index in [-0.39, 0.29) is 6.10 Å². The predicted octanol–water partition coefficient (Wildman–Crippen LogP) is 1.85. The first-order valence-corrected chi connectivity index (χ1v) is 5.91. The van der Waals surface area contributed by atoms with Crippen molar-refractivity contribution in [2.45, 2.75) is 13.0 Å². The summed E-state index contributed by atoms with van der Waals surface area (Å²) in [6.45, 7) is 4.55. The average molecular weight is 229 g/mol. The Morgan fingerprint density at radius 1 is 1.35 bits per heavy atom. The van der Waals surface area contributed by atoms with E-state index in [0.717, 1.165) is 36.5 Å². The lowest BCUT2D eigenvalue weighted by Crippen LogP contribution is -2.41. The summed E-state index contributed by atoms with van der Waals surface area (Å²) >= 11 is 0. The third-order valence-electron chi connectivity index (χ3n) is 3.00. The number of anilines is 1. The molecule has 1 atom stereocenters. The minimum absolute atomic E-state index is 0.249. The first kappa shape index (κ1) is 10.5. The summed E-state index contributed by atoms with van der Waals surface area (Å²) in [5, 5.41) is 1.08. The molecule has 1 saturated heterocycles. The van der Waals surface area contributed by atoms with Gasteiger partial charge >= 0.3 is 0 Å². The molecule has 4 heteroatoms. The van der Waals surface area contributed by atoms with E-state index >= 15 is 0 Å². The number of ether oxygens (including phenoxy) is 1. The predicted molar refractivity (Wildman–Crippen MR) is 67.2 cm³/mol. The number of nitrogens with zero attached hydrogens (tertiary/aromatic N) is 3. The molecule has 1 aromatic heterocycles. The second-order valence-electron chi connectivity index (χ2n) is 4.36. The third-order valence-corrected chi connectivity index (χ3v) is 3.00. The minimum Gasteiger partial charge on any atom is -0.375 e. The lowest BCUT2D eigenvalue weighted by atomic mass is 10.2. The zero-order chi connectivity index (χ0) is 11.7. The number of aromatic nitrogens is 2. The van der Waals surface area contributed by atoms with Gasteiger partial charge in [0.1, 0.15) is 0 Å². The van der Waals surface area contributed by atoms with Crippen LogP contribution in [0.3, 0.4) is 0 Å². The number of hydrogen-bond acceptors (Lipinski definition) is 4. The Hall–Kier alpha value is -1.68. The average Bonchev–Trinajstić information content (AvgIpc) is 2.38. The summed E-state index contributed by atoms with van der Waals surface area (Å²) in [7, 11) is 0. The van der Waals surface area contributed by atoms with Crippen LogP contribution in [0.4, 0.5) is 5.95 Å². The molecule has 1 aliphatic rings. The van der Waals surface area contributed by atoms with Crippen LogP contribution in [-0.4, -0.2) is 35.8 Å². The van der Waals surface area contributed by atoms with Gasteiger partial charge in [0.15, 0.2) is 0 Å². The molecule has 2 aromatic rings. The Bertz CT molecular complexity index is 529. The van der Waals surface area contributed by atoms with Crippen molar-refractivity contribution in [3.63, 3.8) is 0 Å². The van der Waals surface area contributed by atoms with Crippen molar-refractivity contribution in [1.29, 1.82) is 0 Å². The largest absolute Gasteiger partial charge is 0.375 e. The molecule has 0 radical (unpaired) electrons. The van der Waals surface area contributed by atoms with Gasteiger partial charge in [0, 0.05) is 24.7 Å². The van der Waals surface area contributed by atoms with Gasteiger partial charge in [-0.05, 0) is 13.0 Å². The van der Waals surface area contributed by atoms with Gasteiger partial charge in [-0.2, -0.15) is 0 Å². The molecule has 0 N–H and O–H groups in total. The van der Waals surface area contributed by atoms with Crippen molar-refractivity contribution in [1.82, 2.24) is 9.97 Å². The zero-order valence-electron chi connectivity index (χ0n) is 9.84. The Labute approximate surface area is 100 Å². The molecule has 17 heavy (non-hydrogen) atoms. The first-order chi connectivity index (χ1) is 8.33. The van der Waals surface area contributed by atoms with E-state index in [1.807, 2.05) is 30.5 Å². The minimum atomic E-state index is 0.249. The number of benzene rings is 1. The van der Waals surface area contributed by atoms with Gasteiger partial charge < -0.3 is 9.64 Å². The third kappa shape index (κ3) is 2.08. The summed E-state index contributed by atoms with van der Waals surface area (Å²) < 4.78 is 5.52. The van der Waals surface area contributed by atoms with Gasteiger partial charge in [-0.3, -0.25) is 0 Å². The number of hydrogen-bond donors (Lipinski definition) is 0. The molecule has 0 aliphatic carbocycles. The van der Waals surface area contributed by atoms with Crippen molar-refractivity contribution in [3.8, 4) is 0 Å². The summed E-state index contributed by atoms with van der Waals surface area (Å²) in [5.41, 5.74) is 0.997. The zero-order valence-corrected chi connectivity index (χ0v) is 9.84. The molecule has 1 aliphatic heterocycles. The number of morpholine rings is 1. The van der Waals surface area contributed by atoms with Crippen LogP contribution >= 0.6 is 0 Å². The first-order valence-electron chi connectivity index (χ1n) is 5.91. The van der Waals surface area contributed by atoms with Crippen molar-refractivity contribution in [3.05, 3.63) is 30.5 Å². The highest BCUT2D eigenvalue weighted by Crippen LogP contribution is 2.16. The van der Waals surface area contributed by atoms with Crippen LogP contribution in [0.2, 0.25) is 0 Å². The Kier molecular flexibility index (Phi) is 2.65. The number of fused-ring (bicyclic) bond motifs is 1. The van der Waals surface area contributed by atoms with Gasteiger partial charge in [0.2, 0.25) is 5.95 Å². The molecule has 1 aromatic carbocycles. The SMILES string of the molecule is CC1CN(c2ncc3ccccc3n2)CCO1. The summed E-state index contributed by atoms with van der Waals surface area (Å²) in [6.07, 6.45) is 2.14. The summed E-state index contributed by atoms with van der Waals surface area (Å²) in [4.78, 5) is 11.2. The highest BCUT2D eigenvalue weighted by molar-refractivity contribution is 5.78. The Morgan fingerprint density at radius 2 is 2.24 bits per heavy atom. The van der Waals surface area contributed by atoms with Crippen molar-refractivity contribution in [2.24, 2.45) is 0 Å². The van der Waals surface area contributed by atoms with Gasteiger partial charge in [-0.1, -0.05) is 18.2 Å². The molecule has 2 heterocycles. The second kappa shape index (κ2) is 4.30. The van der Waals surface area contributed by atoms with Crippen LogP contribution in [0.15, 0.2) is 30.5 Å². The highest BCUT2D eigenvalue weighted by atomic mass is 16.5. The molecule has 0 saturated carbocycles. The molecule has 4 nitrogen and oxygen atoms in total. The number of rotatable bonds is 1.